The van der Waals surface area contributed by atoms with Gasteiger partial charge in [-0.3, -0.25) is 9.69 Å². The van der Waals surface area contributed by atoms with Crippen LogP contribution in [0, 0.1) is 11.8 Å². The van der Waals surface area contributed by atoms with E-state index in [1.165, 1.54) is 12.1 Å². The molecule has 1 aromatic rings. The number of carbonyl (C=O) groups excluding carboxylic acids is 1. The van der Waals surface area contributed by atoms with E-state index in [4.69, 9.17) is 5.73 Å². The molecule has 0 spiro atoms. The van der Waals surface area contributed by atoms with E-state index >= 15 is 0 Å². The van der Waals surface area contributed by atoms with Crippen molar-refractivity contribution in [1.82, 2.24) is 4.90 Å². The monoisotopic (exact) mass is 371 g/mol. The van der Waals surface area contributed by atoms with E-state index in [-0.39, 0.29) is 12.6 Å². The highest BCUT2D eigenvalue weighted by atomic mass is 19.4. The molecule has 0 unspecified atom stereocenters. The first-order valence-electron chi connectivity index (χ1n) is 8.76. The van der Waals surface area contributed by atoms with Gasteiger partial charge in [-0.25, -0.2) is 0 Å². The first-order chi connectivity index (χ1) is 12.2. The standard InChI is InChI=1S/C18H24F3N3O2/c1-23(16(10-25)17(22)26)15-7-2-11-8-24(9-14(11)15)13-5-3-12(4-6-13)18(19,20)21/h3-6,11,14-16,25H,2,7-10H2,1H3,(H2,22,26)/t11-,14+,15+,16+/m1/s1. The molecular weight excluding hydrogens is 347 g/mol. The summed E-state index contributed by atoms with van der Waals surface area (Å²) in [5.74, 6) is 0.184. The molecule has 1 aliphatic heterocycles. The zero-order chi connectivity index (χ0) is 19.1. The summed E-state index contributed by atoms with van der Waals surface area (Å²) in [6.45, 7) is 1.20. The number of nitrogens with zero attached hydrogens (tertiary/aromatic N) is 2. The molecule has 1 aromatic carbocycles. The van der Waals surface area contributed by atoms with Crippen molar-refractivity contribution in [3.63, 3.8) is 0 Å². The second-order valence-electron chi connectivity index (χ2n) is 7.28. The van der Waals surface area contributed by atoms with E-state index in [1.807, 2.05) is 4.90 Å². The van der Waals surface area contributed by atoms with Crippen LogP contribution in [0.5, 0.6) is 0 Å². The molecule has 4 atom stereocenters. The Morgan fingerprint density at radius 2 is 1.96 bits per heavy atom. The number of hydrogen-bond donors (Lipinski definition) is 2. The number of rotatable bonds is 5. The zero-order valence-corrected chi connectivity index (χ0v) is 14.6. The van der Waals surface area contributed by atoms with Crippen LogP contribution in [0.1, 0.15) is 18.4 Å². The van der Waals surface area contributed by atoms with Crippen molar-refractivity contribution in [2.45, 2.75) is 31.1 Å². The molecule has 2 fully saturated rings. The maximum absolute atomic E-state index is 12.7. The van der Waals surface area contributed by atoms with Gasteiger partial charge in [-0.15, -0.1) is 0 Å². The SMILES string of the molecule is CN([C@@H](CO)C(N)=O)[C@H]1CC[C@@H]2CN(c3ccc(C(F)(F)F)cc3)C[C@@H]21. The van der Waals surface area contributed by atoms with Gasteiger partial charge in [-0.05, 0) is 56.0 Å². The van der Waals surface area contributed by atoms with Crippen molar-refractivity contribution in [1.29, 1.82) is 0 Å². The van der Waals surface area contributed by atoms with Gasteiger partial charge < -0.3 is 15.7 Å². The fraction of sp³-hybridized carbons (Fsp3) is 0.611. The van der Waals surface area contributed by atoms with Gasteiger partial charge in [-0.2, -0.15) is 13.2 Å². The van der Waals surface area contributed by atoms with E-state index in [9.17, 15) is 23.1 Å². The van der Waals surface area contributed by atoms with Crippen LogP contribution >= 0.6 is 0 Å². The molecule has 26 heavy (non-hydrogen) atoms. The number of nitrogens with two attached hydrogens (primary N) is 1. The maximum atomic E-state index is 12.7. The number of aliphatic hydroxyl groups is 1. The second-order valence-corrected chi connectivity index (χ2v) is 7.28. The lowest BCUT2D eigenvalue weighted by molar-refractivity contribution is -0.137. The Hall–Kier alpha value is -1.80. The van der Waals surface area contributed by atoms with Gasteiger partial charge in [0.2, 0.25) is 5.91 Å². The Kier molecular flexibility index (Phi) is 5.16. The first kappa shape index (κ1) is 19.0. The number of fused-ring (bicyclic) bond motifs is 1. The minimum Gasteiger partial charge on any atom is -0.394 e. The number of amides is 1. The van der Waals surface area contributed by atoms with E-state index in [0.29, 0.717) is 11.8 Å². The number of halogens is 3. The van der Waals surface area contributed by atoms with Crippen molar-refractivity contribution in [3.8, 4) is 0 Å². The topological polar surface area (TPSA) is 69.8 Å². The zero-order valence-electron chi connectivity index (χ0n) is 14.6. The summed E-state index contributed by atoms with van der Waals surface area (Å²) in [5.41, 5.74) is 5.51. The average molecular weight is 371 g/mol. The van der Waals surface area contributed by atoms with Gasteiger partial charge in [0, 0.05) is 24.8 Å². The largest absolute Gasteiger partial charge is 0.416 e. The minimum atomic E-state index is -4.33. The summed E-state index contributed by atoms with van der Waals surface area (Å²) >= 11 is 0. The van der Waals surface area contributed by atoms with Crippen LogP contribution in [-0.4, -0.2) is 54.7 Å². The Bertz CT molecular complexity index is 650. The summed E-state index contributed by atoms with van der Waals surface area (Å²) in [7, 11) is 1.81. The molecule has 5 nitrogen and oxygen atoms in total. The molecule has 0 aromatic heterocycles. The highest BCUT2D eigenvalue weighted by molar-refractivity contribution is 5.80. The summed E-state index contributed by atoms with van der Waals surface area (Å²) in [4.78, 5) is 15.5. The third kappa shape index (κ3) is 3.53. The normalized spacial score (nSPS) is 27.0. The van der Waals surface area contributed by atoms with Gasteiger partial charge in [0.05, 0.1) is 12.2 Å². The number of hydrogen-bond acceptors (Lipinski definition) is 4. The first-order valence-corrected chi connectivity index (χ1v) is 8.76. The molecule has 3 N–H and O–H groups in total. The smallest absolute Gasteiger partial charge is 0.394 e. The molecule has 3 rings (SSSR count). The third-order valence-corrected chi connectivity index (χ3v) is 5.89. The van der Waals surface area contributed by atoms with Crippen LogP contribution in [0.3, 0.4) is 0 Å². The predicted octanol–water partition coefficient (Wildman–Crippen LogP) is 1.70. The number of aliphatic hydroxyl groups excluding tert-OH is 1. The molecule has 1 aliphatic carbocycles. The molecule has 1 saturated carbocycles. The molecule has 144 valence electrons. The highest BCUT2D eigenvalue weighted by Gasteiger charge is 2.46. The average Bonchev–Trinajstić information content (AvgIpc) is 3.14. The van der Waals surface area contributed by atoms with Crippen molar-refractivity contribution in [2.75, 3.05) is 31.6 Å². The summed E-state index contributed by atoms with van der Waals surface area (Å²) in [6.07, 6.45) is -2.41. The summed E-state index contributed by atoms with van der Waals surface area (Å²) in [6, 6.07) is 4.68. The van der Waals surface area contributed by atoms with E-state index in [1.54, 1.807) is 7.05 Å². The van der Waals surface area contributed by atoms with Crippen molar-refractivity contribution in [3.05, 3.63) is 29.8 Å². The van der Waals surface area contributed by atoms with Gasteiger partial charge in [0.15, 0.2) is 0 Å². The van der Waals surface area contributed by atoms with Crippen molar-refractivity contribution < 1.29 is 23.1 Å². The van der Waals surface area contributed by atoms with Gasteiger partial charge in [0.25, 0.3) is 0 Å². The van der Waals surface area contributed by atoms with Crippen molar-refractivity contribution >= 4 is 11.6 Å². The van der Waals surface area contributed by atoms with E-state index < -0.39 is 23.7 Å². The molecule has 1 heterocycles. The van der Waals surface area contributed by atoms with E-state index in [2.05, 4.69) is 4.90 Å². The van der Waals surface area contributed by atoms with E-state index in [0.717, 1.165) is 43.8 Å². The molecule has 2 aliphatic rings. The number of anilines is 1. The maximum Gasteiger partial charge on any atom is 0.416 e. The predicted molar refractivity (Wildman–Crippen MR) is 91.5 cm³/mol. The van der Waals surface area contributed by atoms with Gasteiger partial charge in [0.1, 0.15) is 6.04 Å². The Labute approximate surface area is 150 Å². The number of carbonyl (C=O) groups is 1. The second kappa shape index (κ2) is 7.08. The van der Waals surface area contributed by atoms with Crippen LogP contribution in [-0.2, 0) is 11.0 Å². The molecule has 0 radical (unpaired) electrons. The Morgan fingerprint density at radius 3 is 2.50 bits per heavy atom. The minimum absolute atomic E-state index is 0.129. The molecule has 1 amide bonds. The Morgan fingerprint density at radius 1 is 1.31 bits per heavy atom. The van der Waals surface area contributed by atoms with Crippen LogP contribution in [0.2, 0.25) is 0 Å². The lowest BCUT2D eigenvalue weighted by atomic mass is 9.96. The number of likely N-dealkylation sites (N-methyl/N-ethyl adjacent to an activating group) is 1. The molecule has 1 saturated heterocycles. The van der Waals surface area contributed by atoms with Crippen LogP contribution < -0.4 is 10.6 Å². The van der Waals surface area contributed by atoms with Gasteiger partial charge in [-0.1, -0.05) is 0 Å². The lowest BCUT2D eigenvalue weighted by Crippen LogP contribution is -2.51. The quantitative estimate of drug-likeness (QED) is 0.827. The third-order valence-electron chi connectivity index (χ3n) is 5.89. The van der Waals surface area contributed by atoms with Crippen LogP contribution in [0.25, 0.3) is 0 Å². The van der Waals surface area contributed by atoms with Crippen LogP contribution in [0.15, 0.2) is 24.3 Å². The number of primary amides is 1. The highest BCUT2D eigenvalue weighted by Crippen LogP contribution is 2.42. The molecular formula is C18H24F3N3O2. The molecule has 0 bridgehead atoms. The van der Waals surface area contributed by atoms with Crippen molar-refractivity contribution in [2.24, 2.45) is 17.6 Å². The summed E-state index contributed by atoms with van der Waals surface area (Å²) in [5, 5.41) is 9.44. The fourth-order valence-electron chi connectivity index (χ4n) is 4.46. The lowest BCUT2D eigenvalue weighted by Gasteiger charge is -2.34. The molecule has 8 heteroatoms. The van der Waals surface area contributed by atoms with Crippen LogP contribution in [0.4, 0.5) is 18.9 Å². The summed E-state index contributed by atoms with van der Waals surface area (Å²) < 4.78 is 38.2. The van der Waals surface area contributed by atoms with Gasteiger partial charge >= 0.3 is 6.18 Å². The fourth-order valence-corrected chi connectivity index (χ4v) is 4.46. The number of benzene rings is 1. The Balaban J connectivity index is 1.70. The number of alkyl halides is 3.